The molecular formula is C23H25N3O3S. The average Bonchev–Trinajstić information content (AvgIpc) is 3.27. The molecule has 1 aliphatic rings. The van der Waals surface area contributed by atoms with Crippen molar-refractivity contribution in [1.29, 1.82) is 0 Å². The maximum Gasteiger partial charge on any atom is 0.412 e. The first-order valence-electron chi connectivity index (χ1n) is 9.90. The second kappa shape index (κ2) is 7.80. The van der Waals surface area contributed by atoms with E-state index in [1.807, 2.05) is 64.1 Å². The largest absolute Gasteiger partial charge is 0.444 e. The Kier molecular flexibility index (Phi) is 5.32. The van der Waals surface area contributed by atoms with Gasteiger partial charge in [0.2, 0.25) is 0 Å². The number of aromatic amines is 1. The Hall–Kier alpha value is -2.80. The number of benzene rings is 1. The lowest BCUT2D eigenvalue weighted by Gasteiger charge is -2.31. The first-order chi connectivity index (χ1) is 14.3. The molecule has 0 aliphatic carbocycles. The summed E-state index contributed by atoms with van der Waals surface area (Å²) in [5, 5.41) is 0.548. The minimum Gasteiger partial charge on any atom is -0.444 e. The number of ether oxygens (including phenoxy) is 1. The van der Waals surface area contributed by atoms with Gasteiger partial charge in [-0.3, -0.25) is 14.7 Å². The lowest BCUT2D eigenvalue weighted by molar-refractivity contribution is 0.0172. The Morgan fingerprint density at radius 1 is 1.20 bits per heavy atom. The summed E-state index contributed by atoms with van der Waals surface area (Å²) < 4.78 is 5.68. The Balaban J connectivity index is 1.74. The number of hydrogen-bond donors (Lipinski definition) is 1. The summed E-state index contributed by atoms with van der Waals surface area (Å²) in [4.78, 5) is 35.9. The van der Waals surface area contributed by atoms with Crippen molar-refractivity contribution < 1.29 is 14.3 Å². The predicted octanol–water partition coefficient (Wildman–Crippen LogP) is 5.11. The van der Waals surface area contributed by atoms with E-state index in [4.69, 9.17) is 4.74 Å². The van der Waals surface area contributed by atoms with Crippen LogP contribution in [0.3, 0.4) is 0 Å². The summed E-state index contributed by atoms with van der Waals surface area (Å²) in [6.07, 6.45) is 2.94. The Labute approximate surface area is 180 Å². The number of amides is 1. The van der Waals surface area contributed by atoms with Crippen molar-refractivity contribution in [2.45, 2.75) is 44.7 Å². The number of para-hydroxylation sites is 1. The highest BCUT2D eigenvalue weighted by molar-refractivity contribution is 7.99. The third-order valence-corrected chi connectivity index (χ3v) is 6.34. The van der Waals surface area contributed by atoms with E-state index in [-0.39, 0.29) is 11.2 Å². The molecule has 0 bridgehead atoms. The van der Waals surface area contributed by atoms with E-state index in [1.54, 1.807) is 29.1 Å². The number of rotatable bonds is 3. The highest BCUT2D eigenvalue weighted by Crippen LogP contribution is 2.43. The van der Waals surface area contributed by atoms with E-state index in [1.165, 1.54) is 0 Å². The third kappa shape index (κ3) is 3.81. The lowest BCUT2D eigenvalue weighted by Crippen LogP contribution is -2.45. The molecule has 1 aromatic carbocycles. The van der Waals surface area contributed by atoms with E-state index in [0.717, 1.165) is 22.2 Å². The summed E-state index contributed by atoms with van der Waals surface area (Å²) in [5.41, 5.74) is 2.57. The van der Waals surface area contributed by atoms with E-state index < -0.39 is 17.7 Å². The Bertz CT molecular complexity index is 1090. The summed E-state index contributed by atoms with van der Waals surface area (Å²) in [6, 6.07) is 10.9. The minimum absolute atomic E-state index is 0.0744. The van der Waals surface area contributed by atoms with Gasteiger partial charge >= 0.3 is 6.09 Å². The molecule has 0 radical (unpaired) electrons. The molecule has 0 saturated carbocycles. The van der Waals surface area contributed by atoms with Crippen LogP contribution >= 0.6 is 11.8 Å². The number of pyridine rings is 1. The van der Waals surface area contributed by atoms with Crippen molar-refractivity contribution >= 4 is 34.5 Å². The molecule has 1 amide bonds. The Morgan fingerprint density at radius 2 is 1.97 bits per heavy atom. The van der Waals surface area contributed by atoms with E-state index in [2.05, 4.69) is 9.97 Å². The maximum absolute atomic E-state index is 13.7. The number of carbonyl (C=O) groups is 2. The Morgan fingerprint density at radius 3 is 2.67 bits per heavy atom. The van der Waals surface area contributed by atoms with Gasteiger partial charge < -0.3 is 9.72 Å². The highest BCUT2D eigenvalue weighted by atomic mass is 32.2. The van der Waals surface area contributed by atoms with Gasteiger partial charge in [0.15, 0.2) is 5.78 Å². The molecule has 2 unspecified atom stereocenters. The van der Waals surface area contributed by atoms with Gasteiger partial charge in [0, 0.05) is 45.9 Å². The standard InChI is InChI=1S/C23H25N3O3S/c1-14-19(16-9-5-6-10-17(16)25-14)20(27)18-13-30-21(15-8-7-11-24-12-15)26(18)22(28)29-23(2,3)4/h5-12,18,21,25H,13H2,1-4H3. The molecule has 0 spiro atoms. The van der Waals surface area contributed by atoms with Crippen LogP contribution in [0.1, 0.15) is 47.8 Å². The van der Waals surface area contributed by atoms with Crippen LogP contribution in [0.5, 0.6) is 0 Å². The number of nitrogens with zero attached hydrogens (tertiary/aromatic N) is 2. The van der Waals surface area contributed by atoms with Crippen molar-refractivity contribution in [3.05, 3.63) is 65.6 Å². The molecule has 1 saturated heterocycles. The van der Waals surface area contributed by atoms with Gasteiger partial charge in [0.05, 0.1) is 0 Å². The molecule has 2 atom stereocenters. The van der Waals surface area contributed by atoms with Gasteiger partial charge in [0.25, 0.3) is 0 Å². The van der Waals surface area contributed by atoms with Crippen LogP contribution in [0, 0.1) is 6.92 Å². The number of fused-ring (bicyclic) bond motifs is 1. The first-order valence-corrected chi connectivity index (χ1v) is 11.0. The number of ketones is 1. The van der Waals surface area contributed by atoms with Crippen LogP contribution in [0.2, 0.25) is 0 Å². The summed E-state index contributed by atoms with van der Waals surface area (Å²) >= 11 is 1.56. The van der Waals surface area contributed by atoms with E-state index in [0.29, 0.717) is 11.3 Å². The van der Waals surface area contributed by atoms with Crippen LogP contribution in [0.15, 0.2) is 48.8 Å². The first kappa shape index (κ1) is 20.5. The lowest BCUT2D eigenvalue weighted by atomic mass is 10.0. The molecule has 2 aromatic heterocycles. The second-order valence-corrected chi connectivity index (χ2v) is 9.52. The molecule has 7 heteroatoms. The highest BCUT2D eigenvalue weighted by Gasteiger charge is 2.45. The van der Waals surface area contributed by atoms with Gasteiger partial charge in [-0.15, -0.1) is 11.8 Å². The number of aryl methyl sites for hydroxylation is 1. The number of nitrogens with one attached hydrogen (secondary N) is 1. The van der Waals surface area contributed by atoms with Gasteiger partial charge in [-0.25, -0.2) is 4.79 Å². The van der Waals surface area contributed by atoms with Gasteiger partial charge in [-0.2, -0.15) is 0 Å². The fraction of sp³-hybridized carbons (Fsp3) is 0.348. The number of thioether (sulfide) groups is 1. The minimum atomic E-state index is -0.659. The number of hydrogen-bond acceptors (Lipinski definition) is 5. The zero-order valence-electron chi connectivity index (χ0n) is 17.5. The van der Waals surface area contributed by atoms with E-state index in [9.17, 15) is 9.59 Å². The van der Waals surface area contributed by atoms with Crippen molar-refractivity contribution in [3.63, 3.8) is 0 Å². The monoisotopic (exact) mass is 423 g/mol. The quantitative estimate of drug-likeness (QED) is 0.593. The molecule has 4 rings (SSSR count). The zero-order valence-corrected chi connectivity index (χ0v) is 18.3. The normalized spacial score (nSPS) is 19.3. The van der Waals surface area contributed by atoms with Crippen molar-refractivity contribution in [2.75, 3.05) is 5.75 Å². The molecule has 1 aliphatic heterocycles. The summed E-state index contributed by atoms with van der Waals surface area (Å²) in [6.45, 7) is 7.38. The maximum atomic E-state index is 13.7. The van der Waals surface area contributed by atoms with Crippen LogP contribution in [0.25, 0.3) is 10.9 Å². The van der Waals surface area contributed by atoms with Crippen molar-refractivity contribution in [1.82, 2.24) is 14.9 Å². The molecule has 30 heavy (non-hydrogen) atoms. The molecule has 1 N–H and O–H groups in total. The smallest absolute Gasteiger partial charge is 0.412 e. The van der Waals surface area contributed by atoms with Crippen molar-refractivity contribution in [2.24, 2.45) is 0 Å². The summed E-state index contributed by atoms with van der Waals surface area (Å²) in [5.74, 6) is 0.422. The molecule has 156 valence electrons. The SMILES string of the molecule is Cc1[nH]c2ccccc2c1C(=O)C1CSC(c2cccnc2)N1C(=O)OC(C)(C)C. The fourth-order valence-corrected chi connectivity index (χ4v) is 5.19. The van der Waals surface area contributed by atoms with E-state index >= 15 is 0 Å². The van der Waals surface area contributed by atoms with Crippen molar-refractivity contribution in [3.8, 4) is 0 Å². The molecule has 3 heterocycles. The van der Waals surface area contributed by atoms with Gasteiger partial charge in [0.1, 0.15) is 17.0 Å². The number of aromatic nitrogens is 2. The zero-order chi connectivity index (χ0) is 21.5. The average molecular weight is 424 g/mol. The number of carbonyl (C=O) groups excluding carboxylic acids is 2. The van der Waals surface area contributed by atoms with Crippen LogP contribution < -0.4 is 0 Å². The van der Waals surface area contributed by atoms with Crippen LogP contribution in [-0.2, 0) is 4.74 Å². The molecule has 1 fully saturated rings. The molecular weight excluding hydrogens is 398 g/mol. The summed E-state index contributed by atoms with van der Waals surface area (Å²) in [7, 11) is 0. The predicted molar refractivity (Wildman–Crippen MR) is 119 cm³/mol. The number of H-pyrrole nitrogens is 1. The second-order valence-electron chi connectivity index (χ2n) is 8.41. The number of Topliss-reactive ketones (excluding diaryl/α,β-unsaturated/α-hetero) is 1. The third-order valence-electron chi connectivity index (χ3n) is 5.02. The van der Waals surface area contributed by atoms with Crippen LogP contribution in [0.4, 0.5) is 4.79 Å². The topological polar surface area (TPSA) is 75.3 Å². The fourth-order valence-electron chi connectivity index (χ4n) is 3.79. The molecule has 3 aromatic rings. The van der Waals surface area contributed by atoms with Gasteiger partial charge in [-0.1, -0.05) is 24.3 Å². The van der Waals surface area contributed by atoms with Gasteiger partial charge in [-0.05, 0) is 39.8 Å². The van der Waals surface area contributed by atoms with Crippen LogP contribution in [-0.4, -0.2) is 44.1 Å². The molecule has 6 nitrogen and oxygen atoms in total.